The minimum Gasteiger partial charge on any atom is -0.475 e. The summed E-state index contributed by atoms with van der Waals surface area (Å²) in [5.41, 5.74) is 4.16. The van der Waals surface area contributed by atoms with E-state index in [2.05, 4.69) is 52.6 Å². The Bertz CT molecular complexity index is 1620. The summed E-state index contributed by atoms with van der Waals surface area (Å²) >= 11 is 6.69. The van der Waals surface area contributed by atoms with E-state index in [1.807, 2.05) is 25.1 Å². The van der Waals surface area contributed by atoms with Gasteiger partial charge in [0.1, 0.15) is 18.2 Å². The first-order chi connectivity index (χ1) is 20.8. The molecule has 10 heteroatoms. The molecule has 8 nitrogen and oxygen atoms in total. The Morgan fingerprint density at radius 2 is 1.98 bits per heavy atom. The molecule has 6 rings (SSSR count). The molecule has 0 spiro atoms. The fourth-order valence-corrected chi connectivity index (χ4v) is 7.10. The number of rotatable bonds is 6. The van der Waals surface area contributed by atoms with Crippen molar-refractivity contribution in [2.75, 3.05) is 56.2 Å². The van der Waals surface area contributed by atoms with Gasteiger partial charge < -0.3 is 24.3 Å². The first-order valence-corrected chi connectivity index (χ1v) is 15.3. The Labute approximate surface area is 256 Å². The number of likely N-dealkylation sites (N-methyl/N-ethyl adjacent to an activating group) is 1. The Hall–Kier alpha value is -3.87. The van der Waals surface area contributed by atoms with Crippen LogP contribution in [0.25, 0.3) is 10.8 Å². The van der Waals surface area contributed by atoms with Crippen LogP contribution in [0.3, 0.4) is 0 Å². The normalized spacial score (nSPS) is 20.7. The highest BCUT2D eigenvalue weighted by Gasteiger charge is 2.35. The fraction of sp³-hybridized carbons (Fsp3) is 0.424. The predicted molar refractivity (Wildman–Crippen MR) is 167 cm³/mol. The van der Waals surface area contributed by atoms with Crippen LogP contribution < -0.4 is 14.5 Å². The number of benzene rings is 2. The second-order valence-corrected chi connectivity index (χ2v) is 12.2. The highest BCUT2D eigenvalue weighted by atomic mass is 35.5. The Morgan fingerprint density at radius 1 is 1.19 bits per heavy atom. The highest BCUT2D eigenvalue weighted by Crippen LogP contribution is 2.40. The first-order valence-electron chi connectivity index (χ1n) is 14.9. The Kier molecular flexibility index (Phi) is 8.17. The van der Waals surface area contributed by atoms with Crippen molar-refractivity contribution in [2.45, 2.75) is 44.8 Å². The number of fused-ring (bicyclic) bond motifs is 2. The van der Waals surface area contributed by atoms with Crippen molar-refractivity contribution < 1.29 is 13.9 Å². The third kappa shape index (κ3) is 5.50. The van der Waals surface area contributed by atoms with Crippen molar-refractivity contribution >= 4 is 39.7 Å². The number of pyridine rings is 1. The zero-order valence-electron chi connectivity index (χ0n) is 24.7. The van der Waals surface area contributed by atoms with Gasteiger partial charge in [-0.2, -0.15) is 5.26 Å². The molecule has 2 aromatic carbocycles. The average Bonchev–Trinajstić information content (AvgIpc) is 3.42. The van der Waals surface area contributed by atoms with Crippen molar-refractivity contribution in [3.63, 3.8) is 0 Å². The molecule has 0 radical (unpaired) electrons. The van der Waals surface area contributed by atoms with E-state index < -0.39 is 11.7 Å². The highest BCUT2D eigenvalue weighted by molar-refractivity contribution is 6.36. The summed E-state index contributed by atoms with van der Waals surface area (Å²) in [7, 11) is 2.10. The molecule has 0 saturated carbocycles. The molecule has 4 heterocycles. The predicted octanol–water partition coefficient (Wildman–Crippen LogP) is 5.32. The van der Waals surface area contributed by atoms with Crippen LogP contribution in [0.5, 0.6) is 5.88 Å². The number of carbonyl (C=O) groups excluding carboxylic acids is 1. The maximum Gasteiger partial charge on any atom is 0.282 e. The second-order valence-electron chi connectivity index (χ2n) is 11.8. The van der Waals surface area contributed by atoms with Gasteiger partial charge >= 0.3 is 0 Å². The number of amides is 1. The van der Waals surface area contributed by atoms with Crippen LogP contribution in [0.1, 0.15) is 36.6 Å². The summed E-state index contributed by atoms with van der Waals surface area (Å²) in [5, 5.41) is 13.3. The van der Waals surface area contributed by atoms with Gasteiger partial charge in [-0.25, -0.2) is 9.37 Å². The number of likely N-dealkylation sites (tertiary alicyclic amines) is 1. The molecule has 43 heavy (non-hydrogen) atoms. The van der Waals surface area contributed by atoms with Gasteiger partial charge in [-0.1, -0.05) is 42.4 Å². The molecule has 0 aliphatic carbocycles. The number of aromatic nitrogens is 1. The van der Waals surface area contributed by atoms with E-state index in [4.69, 9.17) is 21.3 Å². The zero-order valence-corrected chi connectivity index (χ0v) is 25.4. The van der Waals surface area contributed by atoms with Crippen molar-refractivity contribution in [3.8, 4) is 11.9 Å². The number of anilines is 2. The molecule has 2 fully saturated rings. The van der Waals surface area contributed by atoms with E-state index >= 15 is 0 Å². The summed E-state index contributed by atoms with van der Waals surface area (Å²) in [4.78, 5) is 25.7. The van der Waals surface area contributed by atoms with Gasteiger partial charge in [-0.3, -0.25) is 4.79 Å². The number of hydrogen-bond acceptors (Lipinski definition) is 7. The SMILES string of the molecule is C=C(F)C(=O)N1CCN(c2c(C#N)c(OC[C@@H]3CCCN3C)nc3c2CCN(c2cccc4cccc(Cl)c24)C3)C[C@@H]1C. The van der Waals surface area contributed by atoms with Gasteiger partial charge in [0.25, 0.3) is 5.91 Å². The molecule has 2 saturated heterocycles. The lowest BCUT2D eigenvalue weighted by Crippen LogP contribution is -2.54. The minimum atomic E-state index is -0.958. The molecule has 1 aromatic heterocycles. The van der Waals surface area contributed by atoms with E-state index in [1.54, 1.807) is 0 Å². The van der Waals surface area contributed by atoms with Crippen LogP contribution in [-0.2, 0) is 17.8 Å². The molecule has 3 aromatic rings. The van der Waals surface area contributed by atoms with Crippen molar-refractivity contribution in [1.29, 1.82) is 5.26 Å². The smallest absolute Gasteiger partial charge is 0.282 e. The second kappa shape index (κ2) is 12.0. The number of hydrogen-bond donors (Lipinski definition) is 0. The van der Waals surface area contributed by atoms with Gasteiger partial charge in [0.15, 0.2) is 5.83 Å². The van der Waals surface area contributed by atoms with Gasteiger partial charge in [0, 0.05) is 54.9 Å². The topological polar surface area (TPSA) is 75.9 Å². The van der Waals surface area contributed by atoms with Gasteiger partial charge in [-0.05, 0) is 57.3 Å². The lowest BCUT2D eigenvalue weighted by Gasteiger charge is -2.42. The van der Waals surface area contributed by atoms with Crippen LogP contribution in [0.4, 0.5) is 15.8 Å². The van der Waals surface area contributed by atoms with Crippen molar-refractivity contribution in [2.24, 2.45) is 0 Å². The van der Waals surface area contributed by atoms with Crippen LogP contribution in [0.2, 0.25) is 5.02 Å². The van der Waals surface area contributed by atoms with E-state index in [-0.39, 0.29) is 12.1 Å². The number of piperazine rings is 1. The average molecular weight is 603 g/mol. The maximum atomic E-state index is 13.7. The number of halogens is 2. The van der Waals surface area contributed by atoms with Crippen LogP contribution in [0.15, 0.2) is 48.8 Å². The molecule has 3 aliphatic heterocycles. The van der Waals surface area contributed by atoms with Gasteiger partial charge in [0.2, 0.25) is 5.88 Å². The van der Waals surface area contributed by atoms with E-state index in [1.165, 1.54) is 4.90 Å². The number of nitriles is 1. The third-order valence-electron chi connectivity index (χ3n) is 9.10. The third-order valence-corrected chi connectivity index (χ3v) is 9.41. The minimum absolute atomic E-state index is 0.265. The zero-order chi connectivity index (χ0) is 30.2. The molecule has 0 bridgehead atoms. The molecule has 3 aliphatic rings. The summed E-state index contributed by atoms with van der Waals surface area (Å²) in [6.45, 7) is 9.07. The molecule has 0 N–H and O–H groups in total. The number of ether oxygens (including phenoxy) is 1. The van der Waals surface area contributed by atoms with Crippen molar-refractivity contribution in [1.82, 2.24) is 14.8 Å². The number of nitrogens with zero attached hydrogens (tertiary/aromatic N) is 6. The summed E-state index contributed by atoms with van der Waals surface area (Å²) in [6.07, 6.45) is 2.83. The summed E-state index contributed by atoms with van der Waals surface area (Å²) in [6, 6.07) is 14.5. The largest absolute Gasteiger partial charge is 0.475 e. The lowest BCUT2D eigenvalue weighted by atomic mass is 9.96. The molecule has 0 unspecified atom stereocenters. The van der Waals surface area contributed by atoms with E-state index in [9.17, 15) is 14.4 Å². The van der Waals surface area contributed by atoms with Gasteiger partial charge in [0.05, 0.1) is 22.9 Å². The van der Waals surface area contributed by atoms with Gasteiger partial charge in [-0.15, -0.1) is 0 Å². The van der Waals surface area contributed by atoms with Crippen LogP contribution in [-0.4, -0.2) is 79.2 Å². The Morgan fingerprint density at radius 3 is 2.67 bits per heavy atom. The lowest BCUT2D eigenvalue weighted by molar-refractivity contribution is -0.131. The first kappa shape index (κ1) is 29.2. The van der Waals surface area contributed by atoms with E-state index in [0.29, 0.717) is 55.7 Å². The maximum absolute atomic E-state index is 13.7. The summed E-state index contributed by atoms with van der Waals surface area (Å²) < 4.78 is 20.1. The van der Waals surface area contributed by atoms with Crippen molar-refractivity contribution in [3.05, 3.63) is 70.6 Å². The quantitative estimate of drug-likeness (QED) is 0.354. The molecule has 2 atom stereocenters. The van der Waals surface area contributed by atoms with Crippen LogP contribution >= 0.6 is 11.6 Å². The fourth-order valence-electron chi connectivity index (χ4n) is 6.82. The molecular formula is C33H36ClFN6O2. The monoisotopic (exact) mass is 602 g/mol. The molecule has 224 valence electrons. The number of carbonyl (C=O) groups is 1. The standard InChI is InChI=1S/C33H36ClFN6O2/c1-21-18-40(15-16-41(21)33(42)22(2)35)31-25-12-14-39(29-11-5-8-23-7-4-10-27(34)30(23)29)19-28(25)37-32(26(31)17-36)43-20-24-9-6-13-38(24)3/h4-5,7-8,10-11,21,24H,2,6,9,12-16,18-20H2,1,3H3/t21-,24-/m0/s1. The molecule has 1 amide bonds. The summed E-state index contributed by atoms with van der Waals surface area (Å²) in [5.74, 6) is -1.29. The van der Waals surface area contributed by atoms with Crippen LogP contribution in [0, 0.1) is 11.3 Å². The molecular weight excluding hydrogens is 567 g/mol. The van der Waals surface area contributed by atoms with E-state index in [0.717, 1.165) is 59.3 Å². The Balaban J connectivity index is 1.39.